The van der Waals surface area contributed by atoms with Crippen LogP contribution in [0.25, 0.3) is 16.5 Å². The van der Waals surface area contributed by atoms with Crippen molar-refractivity contribution < 1.29 is 19.2 Å². The van der Waals surface area contributed by atoms with E-state index in [0.717, 1.165) is 14.9 Å². The molecule has 5 rings (SSSR count). The molecule has 0 fully saturated rings. The van der Waals surface area contributed by atoms with E-state index in [9.17, 15) is 9.90 Å². The second-order valence-electron chi connectivity index (χ2n) is 7.41. The molecule has 0 bridgehead atoms. The van der Waals surface area contributed by atoms with Crippen molar-refractivity contribution in [3.8, 4) is 0 Å². The summed E-state index contributed by atoms with van der Waals surface area (Å²) in [5, 5.41) is 14.0. The predicted molar refractivity (Wildman–Crippen MR) is 125 cm³/mol. The summed E-state index contributed by atoms with van der Waals surface area (Å²) in [6, 6.07) is 23.5. The van der Waals surface area contributed by atoms with Gasteiger partial charge in [0.15, 0.2) is 5.76 Å². The SMILES string of the molecule is O=C1C(c2cccc(Br)c2)=CC(O)(c2cc3ccccc3o2)N1OCc1ccccc1Cl. The highest BCUT2D eigenvalue weighted by molar-refractivity contribution is 9.10. The van der Waals surface area contributed by atoms with Gasteiger partial charge in [-0.05, 0) is 47.5 Å². The number of hydrogen-bond donors (Lipinski definition) is 1. The van der Waals surface area contributed by atoms with E-state index >= 15 is 0 Å². The number of benzene rings is 3. The normalized spacial score (nSPS) is 18.4. The van der Waals surface area contributed by atoms with Gasteiger partial charge in [0.05, 0.1) is 5.57 Å². The molecule has 0 aliphatic carbocycles. The highest BCUT2D eigenvalue weighted by atomic mass is 79.9. The minimum absolute atomic E-state index is 0.00639. The van der Waals surface area contributed by atoms with Crippen LogP contribution in [-0.4, -0.2) is 16.1 Å². The summed E-state index contributed by atoms with van der Waals surface area (Å²) < 4.78 is 6.72. The van der Waals surface area contributed by atoms with Gasteiger partial charge in [0.2, 0.25) is 5.72 Å². The maximum absolute atomic E-state index is 13.4. The maximum atomic E-state index is 13.4. The first-order chi connectivity index (χ1) is 15.5. The van der Waals surface area contributed by atoms with Gasteiger partial charge in [-0.3, -0.25) is 9.63 Å². The number of hydroxylamine groups is 2. The molecule has 1 unspecified atom stereocenters. The monoisotopic (exact) mass is 509 g/mol. The van der Waals surface area contributed by atoms with Crippen LogP contribution in [0, 0.1) is 0 Å². The van der Waals surface area contributed by atoms with E-state index in [1.54, 1.807) is 36.4 Å². The van der Waals surface area contributed by atoms with E-state index in [4.69, 9.17) is 20.9 Å². The van der Waals surface area contributed by atoms with Crippen LogP contribution in [0.5, 0.6) is 0 Å². The van der Waals surface area contributed by atoms with Gasteiger partial charge < -0.3 is 9.52 Å². The molecule has 1 aliphatic heterocycles. The highest BCUT2D eigenvalue weighted by Crippen LogP contribution is 2.42. The number of hydrogen-bond acceptors (Lipinski definition) is 4. The smallest absolute Gasteiger partial charge is 0.281 e. The third-order valence-electron chi connectivity index (χ3n) is 5.30. The summed E-state index contributed by atoms with van der Waals surface area (Å²) in [7, 11) is 0. The van der Waals surface area contributed by atoms with Crippen LogP contribution >= 0.6 is 27.5 Å². The van der Waals surface area contributed by atoms with E-state index in [1.807, 2.05) is 42.5 Å². The number of nitrogens with zero attached hydrogens (tertiary/aromatic N) is 1. The Kier molecular flexibility index (Phi) is 5.39. The lowest BCUT2D eigenvalue weighted by Crippen LogP contribution is -2.43. The molecule has 1 N–H and O–H groups in total. The van der Waals surface area contributed by atoms with Crippen molar-refractivity contribution >= 4 is 50.0 Å². The number of fused-ring (bicyclic) bond motifs is 1. The Morgan fingerprint density at radius 1 is 1.03 bits per heavy atom. The standard InChI is InChI=1S/C25H17BrClNO4/c26-19-9-5-8-16(12-19)20-14-25(30,23-13-17-6-2-4-11-22(17)32-23)28(24(20)29)31-15-18-7-1-3-10-21(18)27/h1-14,30H,15H2. The van der Waals surface area contributed by atoms with E-state index < -0.39 is 11.6 Å². The lowest BCUT2D eigenvalue weighted by atomic mass is 10.0. The first kappa shape index (κ1) is 21.0. The third-order valence-corrected chi connectivity index (χ3v) is 6.16. The number of aliphatic hydroxyl groups is 1. The van der Waals surface area contributed by atoms with Crippen LogP contribution in [0.4, 0.5) is 0 Å². The summed E-state index contributed by atoms with van der Waals surface area (Å²) in [5.41, 5.74) is 0.286. The number of carbonyl (C=O) groups excluding carboxylic acids is 1. The van der Waals surface area contributed by atoms with Crippen LogP contribution in [0.3, 0.4) is 0 Å². The summed E-state index contributed by atoms with van der Waals surface area (Å²) in [6.07, 6.45) is 1.46. The van der Waals surface area contributed by atoms with E-state index in [1.165, 1.54) is 6.08 Å². The second kappa shape index (κ2) is 8.22. The van der Waals surface area contributed by atoms with Crippen molar-refractivity contribution in [1.82, 2.24) is 5.06 Å². The Balaban J connectivity index is 1.58. The summed E-state index contributed by atoms with van der Waals surface area (Å²) in [6.45, 7) is -0.00639. The van der Waals surface area contributed by atoms with Gasteiger partial charge in [-0.2, -0.15) is 5.06 Å². The Bertz CT molecular complexity index is 1330. The van der Waals surface area contributed by atoms with Crippen LogP contribution < -0.4 is 0 Å². The molecule has 1 amide bonds. The topological polar surface area (TPSA) is 62.9 Å². The number of amides is 1. The number of carbonyl (C=O) groups is 1. The molecule has 0 radical (unpaired) electrons. The van der Waals surface area contributed by atoms with Gasteiger partial charge in [-0.15, -0.1) is 0 Å². The van der Waals surface area contributed by atoms with Gasteiger partial charge >= 0.3 is 0 Å². The first-order valence-electron chi connectivity index (χ1n) is 9.87. The summed E-state index contributed by atoms with van der Waals surface area (Å²) in [4.78, 5) is 19.3. The number of halogens is 2. The minimum atomic E-state index is -1.94. The Hall–Kier alpha value is -2.90. The zero-order valence-corrected chi connectivity index (χ0v) is 19.0. The van der Waals surface area contributed by atoms with Crippen molar-refractivity contribution in [1.29, 1.82) is 0 Å². The zero-order valence-electron chi connectivity index (χ0n) is 16.7. The van der Waals surface area contributed by atoms with E-state index in [2.05, 4.69) is 15.9 Å². The quantitative estimate of drug-likeness (QED) is 0.355. The summed E-state index contributed by atoms with van der Waals surface area (Å²) in [5.74, 6) is -0.311. The highest BCUT2D eigenvalue weighted by Gasteiger charge is 2.49. The third kappa shape index (κ3) is 3.65. The molecule has 0 saturated heterocycles. The molecule has 7 heteroatoms. The largest absolute Gasteiger partial charge is 0.455 e. The molecule has 1 atom stereocenters. The van der Waals surface area contributed by atoms with Crippen molar-refractivity contribution in [2.45, 2.75) is 12.3 Å². The van der Waals surface area contributed by atoms with Gasteiger partial charge in [-0.25, -0.2) is 0 Å². The maximum Gasteiger partial charge on any atom is 0.281 e. The van der Waals surface area contributed by atoms with Gasteiger partial charge in [0, 0.05) is 14.9 Å². The van der Waals surface area contributed by atoms with Gasteiger partial charge in [0.25, 0.3) is 5.91 Å². The summed E-state index contributed by atoms with van der Waals surface area (Å²) >= 11 is 9.68. The lowest BCUT2D eigenvalue weighted by molar-refractivity contribution is -0.267. The van der Waals surface area contributed by atoms with Crippen LogP contribution in [0.2, 0.25) is 5.02 Å². The van der Waals surface area contributed by atoms with Crippen molar-refractivity contribution in [2.24, 2.45) is 0 Å². The molecule has 160 valence electrons. The van der Waals surface area contributed by atoms with Gasteiger partial charge in [0.1, 0.15) is 12.2 Å². The molecular weight excluding hydrogens is 494 g/mol. The number of para-hydroxylation sites is 1. The molecule has 1 aliphatic rings. The average molecular weight is 511 g/mol. The lowest BCUT2D eigenvalue weighted by Gasteiger charge is -2.30. The molecule has 0 saturated carbocycles. The fourth-order valence-electron chi connectivity index (χ4n) is 3.69. The zero-order chi connectivity index (χ0) is 22.3. The van der Waals surface area contributed by atoms with Crippen LogP contribution in [0.15, 0.2) is 93.8 Å². The fourth-order valence-corrected chi connectivity index (χ4v) is 4.28. The second-order valence-corrected chi connectivity index (χ2v) is 8.73. The molecule has 4 aromatic rings. The molecule has 3 aromatic carbocycles. The Morgan fingerprint density at radius 3 is 2.59 bits per heavy atom. The molecule has 2 heterocycles. The van der Waals surface area contributed by atoms with Crippen molar-refractivity contribution in [3.63, 3.8) is 0 Å². The average Bonchev–Trinajstić information content (AvgIpc) is 3.34. The minimum Gasteiger partial charge on any atom is -0.455 e. The van der Waals surface area contributed by atoms with Crippen molar-refractivity contribution in [3.05, 3.63) is 111 Å². The number of rotatable bonds is 5. The van der Waals surface area contributed by atoms with E-state index in [0.29, 0.717) is 27.3 Å². The molecule has 32 heavy (non-hydrogen) atoms. The van der Waals surface area contributed by atoms with E-state index in [-0.39, 0.29) is 12.4 Å². The van der Waals surface area contributed by atoms with Gasteiger partial charge in [-0.1, -0.05) is 76.1 Å². The molecule has 5 nitrogen and oxygen atoms in total. The fraction of sp³-hybridized carbons (Fsp3) is 0.0800. The van der Waals surface area contributed by atoms with Crippen LogP contribution in [0.1, 0.15) is 16.9 Å². The predicted octanol–water partition coefficient (Wildman–Crippen LogP) is 6.05. The number of furan rings is 1. The molecule has 0 spiro atoms. The first-order valence-corrected chi connectivity index (χ1v) is 11.0. The molecule has 1 aromatic heterocycles. The Labute approximate surface area is 197 Å². The van der Waals surface area contributed by atoms with Crippen molar-refractivity contribution in [2.75, 3.05) is 0 Å². The van der Waals surface area contributed by atoms with Crippen LogP contribution in [-0.2, 0) is 22.0 Å². The Morgan fingerprint density at radius 2 is 1.81 bits per heavy atom. The molecular formula is C25H17BrClNO4.